The first-order valence-corrected chi connectivity index (χ1v) is 12.4. The van der Waals surface area contributed by atoms with Crippen LogP contribution < -0.4 is 15.4 Å². The lowest BCUT2D eigenvalue weighted by Gasteiger charge is -2.17. The molecule has 0 saturated carbocycles. The van der Waals surface area contributed by atoms with Gasteiger partial charge in [-0.1, -0.05) is 18.2 Å². The second-order valence-corrected chi connectivity index (χ2v) is 9.49. The number of rotatable bonds is 10. The minimum atomic E-state index is -0.135. The number of thiazole rings is 1. The maximum absolute atomic E-state index is 12.0. The van der Waals surface area contributed by atoms with Crippen LogP contribution in [0.15, 0.2) is 54.0 Å². The summed E-state index contributed by atoms with van der Waals surface area (Å²) in [7, 11) is 3.93. The largest absolute Gasteiger partial charge is 0.484 e. The number of aryl methyl sites for hydroxylation is 1. The lowest BCUT2D eigenvalue weighted by molar-refractivity contribution is -0.123. The summed E-state index contributed by atoms with van der Waals surface area (Å²) in [5.74, 6) is 1.95. The number of carbonyl (C=O) groups excluding carboxylic acids is 1. The van der Waals surface area contributed by atoms with Crippen LogP contribution in [-0.4, -0.2) is 59.6 Å². The molecule has 182 valence electrons. The number of hydrogen-bond acceptors (Lipinski definition) is 8. The van der Waals surface area contributed by atoms with Crippen molar-refractivity contribution in [3.05, 3.63) is 65.4 Å². The monoisotopic (exact) mass is 490 g/mol. The molecule has 1 atom stereocenters. The summed E-state index contributed by atoms with van der Waals surface area (Å²) in [6.45, 7) is 5.32. The molecule has 0 aliphatic carbocycles. The van der Waals surface area contributed by atoms with Gasteiger partial charge in [-0.15, -0.1) is 11.3 Å². The van der Waals surface area contributed by atoms with Crippen molar-refractivity contribution in [2.75, 3.05) is 39.1 Å². The van der Waals surface area contributed by atoms with Gasteiger partial charge in [-0.25, -0.2) is 15.0 Å². The summed E-state index contributed by atoms with van der Waals surface area (Å²) in [5, 5.41) is 6.32. The lowest BCUT2D eigenvalue weighted by Crippen LogP contribution is -2.34. The maximum atomic E-state index is 12.0. The molecule has 2 aromatic heterocycles. The van der Waals surface area contributed by atoms with Crippen LogP contribution in [0.5, 0.6) is 5.75 Å². The van der Waals surface area contributed by atoms with Gasteiger partial charge in [0.2, 0.25) is 0 Å². The van der Waals surface area contributed by atoms with Gasteiger partial charge in [0.05, 0.1) is 27.5 Å². The molecule has 8 nitrogen and oxygen atoms in total. The molecule has 0 radical (unpaired) electrons. The number of fused-ring (bicyclic) bond motifs is 1. The molecule has 2 N–H and O–H groups in total. The van der Waals surface area contributed by atoms with Crippen molar-refractivity contribution in [1.29, 1.82) is 0 Å². The average molecular weight is 491 g/mol. The quantitative estimate of drug-likeness (QED) is 0.343. The highest BCUT2D eigenvalue weighted by atomic mass is 32.1. The fraction of sp³-hybridized carbons (Fsp3) is 0.308. The molecule has 0 aliphatic heterocycles. The Kier molecular flexibility index (Phi) is 7.89. The molecule has 0 bridgehead atoms. The van der Waals surface area contributed by atoms with Gasteiger partial charge in [0, 0.05) is 24.7 Å². The van der Waals surface area contributed by atoms with Crippen molar-refractivity contribution < 1.29 is 9.53 Å². The Morgan fingerprint density at radius 2 is 2.00 bits per heavy atom. The van der Waals surface area contributed by atoms with E-state index in [0.717, 1.165) is 39.4 Å². The third-order valence-corrected chi connectivity index (χ3v) is 6.23. The molecule has 4 rings (SSSR count). The van der Waals surface area contributed by atoms with E-state index in [9.17, 15) is 4.79 Å². The number of carbonyl (C=O) groups is 1. The Bertz CT molecular complexity index is 1310. The summed E-state index contributed by atoms with van der Waals surface area (Å²) in [6.07, 6.45) is 0. The van der Waals surface area contributed by atoms with Gasteiger partial charge in [0.15, 0.2) is 6.61 Å². The van der Waals surface area contributed by atoms with Crippen LogP contribution in [0.2, 0.25) is 0 Å². The maximum Gasteiger partial charge on any atom is 0.257 e. The highest BCUT2D eigenvalue weighted by molar-refractivity contribution is 7.16. The van der Waals surface area contributed by atoms with Crippen molar-refractivity contribution >= 4 is 33.3 Å². The molecular formula is C26H30N6O2S. The lowest BCUT2D eigenvalue weighted by atomic mass is 10.1. The predicted octanol–water partition coefficient (Wildman–Crippen LogP) is 4.29. The fourth-order valence-corrected chi connectivity index (χ4v) is 4.32. The van der Waals surface area contributed by atoms with Crippen molar-refractivity contribution in [1.82, 2.24) is 25.2 Å². The number of anilines is 1. The van der Waals surface area contributed by atoms with Gasteiger partial charge in [-0.3, -0.25) is 4.79 Å². The molecule has 9 heteroatoms. The smallest absolute Gasteiger partial charge is 0.257 e. The predicted molar refractivity (Wildman–Crippen MR) is 141 cm³/mol. The Hall–Kier alpha value is -3.56. The molecule has 0 spiro atoms. The third-order valence-electron chi connectivity index (χ3n) is 5.44. The van der Waals surface area contributed by atoms with Gasteiger partial charge >= 0.3 is 0 Å². The fourth-order valence-electron chi connectivity index (χ4n) is 3.60. The van der Waals surface area contributed by atoms with Crippen LogP contribution in [-0.2, 0) is 4.79 Å². The van der Waals surface area contributed by atoms with E-state index in [1.54, 1.807) is 11.3 Å². The van der Waals surface area contributed by atoms with Crippen LogP contribution in [0.4, 0.5) is 5.82 Å². The normalized spacial score (nSPS) is 12.0. The molecule has 0 saturated heterocycles. The number of hydrogen-bond donors (Lipinski definition) is 2. The highest BCUT2D eigenvalue weighted by Gasteiger charge is 2.12. The number of likely N-dealkylation sites (N-methyl/N-ethyl adjacent to an activating group) is 1. The van der Waals surface area contributed by atoms with Crippen LogP contribution in [0.1, 0.15) is 24.4 Å². The van der Waals surface area contributed by atoms with E-state index in [1.165, 1.54) is 0 Å². The Labute approximate surface area is 209 Å². The van der Waals surface area contributed by atoms with Crippen molar-refractivity contribution in [3.8, 4) is 17.0 Å². The molecule has 4 aromatic rings. The zero-order chi connectivity index (χ0) is 24.8. The van der Waals surface area contributed by atoms with E-state index in [0.29, 0.717) is 18.1 Å². The van der Waals surface area contributed by atoms with E-state index in [-0.39, 0.29) is 18.6 Å². The SMILES string of the molecule is Cc1nc(NC(C)c2cccc(OCC(=O)NCCN(C)C)c2)cc(-c2ccc3ncsc3c2)n1. The number of nitrogens with zero attached hydrogens (tertiary/aromatic N) is 4. The van der Waals surface area contributed by atoms with E-state index in [4.69, 9.17) is 4.74 Å². The Balaban J connectivity index is 1.41. The van der Waals surface area contributed by atoms with Gasteiger partial charge in [-0.05, 0) is 57.8 Å². The van der Waals surface area contributed by atoms with Crippen molar-refractivity contribution in [2.45, 2.75) is 19.9 Å². The average Bonchev–Trinajstić information content (AvgIpc) is 3.30. The van der Waals surface area contributed by atoms with Crippen LogP contribution in [0, 0.1) is 6.92 Å². The van der Waals surface area contributed by atoms with Crippen molar-refractivity contribution in [3.63, 3.8) is 0 Å². The molecule has 0 aliphatic rings. The molecule has 2 aromatic carbocycles. The van der Waals surface area contributed by atoms with E-state index in [2.05, 4.69) is 38.6 Å². The molecule has 2 heterocycles. The number of aromatic nitrogens is 3. The summed E-state index contributed by atoms with van der Waals surface area (Å²) >= 11 is 1.62. The second kappa shape index (κ2) is 11.2. The minimum Gasteiger partial charge on any atom is -0.484 e. The third kappa shape index (κ3) is 6.74. The van der Waals surface area contributed by atoms with Crippen LogP contribution in [0.3, 0.4) is 0 Å². The molecule has 0 fully saturated rings. The zero-order valence-electron chi connectivity index (χ0n) is 20.4. The summed E-state index contributed by atoms with van der Waals surface area (Å²) in [6, 6.07) is 15.8. The highest BCUT2D eigenvalue weighted by Crippen LogP contribution is 2.28. The van der Waals surface area contributed by atoms with Gasteiger partial charge in [0.25, 0.3) is 5.91 Å². The standard InChI is InChI=1S/C26H30N6O2S/c1-17(19-6-5-7-21(12-19)34-15-26(33)27-10-11-32(3)4)29-25-14-23(30-18(2)31-25)20-8-9-22-24(13-20)35-16-28-22/h5-9,12-14,16-17H,10-11,15H2,1-4H3,(H,27,33)(H,29,30,31). The number of amides is 1. The molecular weight excluding hydrogens is 460 g/mol. The van der Waals surface area contributed by atoms with E-state index >= 15 is 0 Å². The van der Waals surface area contributed by atoms with Crippen molar-refractivity contribution in [2.24, 2.45) is 0 Å². The summed E-state index contributed by atoms with van der Waals surface area (Å²) < 4.78 is 6.84. The van der Waals surface area contributed by atoms with Gasteiger partial charge in [0.1, 0.15) is 17.4 Å². The van der Waals surface area contributed by atoms with Crippen LogP contribution in [0.25, 0.3) is 21.5 Å². The van der Waals surface area contributed by atoms with E-state index < -0.39 is 0 Å². The first-order chi connectivity index (χ1) is 16.9. The first kappa shape index (κ1) is 24.6. The molecule has 1 amide bonds. The number of nitrogens with one attached hydrogen (secondary N) is 2. The number of benzene rings is 2. The summed E-state index contributed by atoms with van der Waals surface area (Å²) in [5.41, 5.74) is 5.76. The first-order valence-electron chi connectivity index (χ1n) is 11.5. The van der Waals surface area contributed by atoms with Crippen LogP contribution >= 0.6 is 11.3 Å². The number of ether oxygens (including phenoxy) is 1. The molecule has 35 heavy (non-hydrogen) atoms. The second-order valence-electron chi connectivity index (χ2n) is 8.60. The molecule has 1 unspecified atom stereocenters. The Morgan fingerprint density at radius 1 is 1.14 bits per heavy atom. The minimum absolute atomic E-state index is 0.0166. The van der Waals surface area contributed by atoms with Gasteiger partial charge in [-0.2, -0.15) is 0 Å². The zero-order valence-corrected chi connectivity index (χ0v) is 21.2. The van der Waals surface area contributed by atoms with E-state index in [1.807, 2.05) is 73.9 Å². The summed E-state index contributed by atoms with van der Waals surface area (Å²) in [4.78, 5) is 27.6. The Morgan fingerprint density at radius 3 is 2.83 bits per heavy atom. The topological polar surface area (TPSA) is 92.3 Å². The van der Waals surface area contributed by atoms with Gasteiger partial charge < -0.3 is 20.3 Å².